The monoisotopic (exact) mass is 242 g/mol. The Balaban J connectivity index is 2.85. The molecule has 0 aliphatic carbocycles. The minimum absolute atomic E-state index is 0.0378. The fourth-order valence-electron chi connectivity index (χ4n) is 1.62. The molecule has 2 nitrogen and oxygen atoms in total. The molecule has 0 aliphatic heterocycles. The van der Waals surface area contributed by atoms with Crippen molar-refractivity contribution in [2.45, 2.75) is 32.6 Å². The van der Waals surface area contributed by atoms with Gasteiger partial charge in [0, 0.05) is 6.42 Å². The molecule has 0 saturated heterocycles. The standard InChI is InChI=1S/C13H16F2O2/c1-3-10-7-5-6-8-11(10)9-13(14,15)12(16)17-4-2/h5-8H,3-4,9H2,1-2H3. The number of aryl methyl sites for hydroxylation is 1. The molecule has 0 N–H and O–H groups in total. The molecule has 0 heterocycles. The molecular formula is C13H16F2O2. The second-order valence-electron chi connectivity index (χ2n) is 3.72. The maximum Gasteiger partial charge on any atom is 0.377 e. The average molecular weight is 242 g/mol. The van der Waals surface area contributed by atoms with Gasteiger partial charge in [0.2, 0.25) is 0 Å². The van der Waals surface area contributed by atoms with Crippen molar-refractivity contribution in [3.63, 3.8) is 0 Å². The number of carbonyl (C=O) groups is 1. The van der Waals surface area contributed by atoms with Gasteiger partial charge < -0.3 is 4.74 Å². The van der Waals surface area contributed by atoms with Crippen LogP contribution in [0.3, 0.4) is 0 Å². The van der Waals surface area contributed by atoms with E-state index in [9.17, 15) is 13.6 Å². The third-order valence-electron chi connectivity index (χ3n) is 2.49. The zero-order valence-corrected chi connectivity index (χ0v) is 10.0. The van der Waals surface area contributed by atoms with E-state index in [4.69, 9.17) is 0 Å². The summed E-state index contributed by atoms with van der Waals surface area (Å²) in [6, 6.07) is 6.89. The summed E-state index contributed by atoms with van der Waals surface area (Å²) in [5.41, 5.74) is 1.32. The highest BCUT2D eigenvalue weighted by atomic mass is 19.3. The van der Waals surface area contributed by atoms with Crippen molar-refractivity contribution in [1.82, 2.24) is 0 Å². The largest absolute Gasteiger partial charge is 0.462 e. The fourth-order valence-corrected chi connectivity index (χ4v) is 1.62. The van der Waals surface area contributed by atoms with Crippen LogP contribution in [0, 0.1) is 0 Å². The van der Waals surface area contributed by atoms with E-state index in [0.29, 0.717) is 12.0 Å². The molecule has 0 amide bonds. The smallest absolute Gasteiger partial charge is 0.377 e. The first-order valence-electron chi connectivity index (χ1n) is 5.63. The summed E-state index contributed by atoms with van der Waals surface area (Å²) in [6.45, 7) is 3.36. The summed E-state index contributed by atoms with van der Waals surface area (Å²) < 4.78 is 31.4. The Kier molecular flexibility index (Phi) is 4.61. The van der Waals surface area contributed by atoms with E-state index in [0.717, 1.165) is 5.56 Å². The lowest BCUT2D eigenvalue weighted by Crippen LogP contribution is -2.33. The van der Waals surface area contributed by atoms with Crippen LogP contribution in [0.25, 0.3) is 0 Å². The lowest BCUT2D eigenvalue weighted by atomic mass is 9.99. The van der Waals surface area contributed by atoms with E-state index in [2.05, 4.69) is 4.74 Å². The van der Waals surface area contributed by atoms with Crippen LogP contribution in [0.15, 0.2) is 24.3 Å². The number of esters is 1. The molecule has 4 heteroatoms. The normalized spacial score (nSPS) is 11.3. The summed E-state index contributed by atoms with van der Waals surface area (Å²) in [4.78, 5) is 11.1. The van der Waals surface area contributed by atoms with Crippen LogP contribution in [0.4, 0.5) is 8.78 Å². The van der Waals surface area contributed by atoms with Crippen molar-refractivity contribution in [2.75, 3.05) is 6.61 Å². The van der Waals surface area contributed by atoms with Gasteiger partial charge in [-0.3, -0.25) is 0 Å². The van der Waals surface area contributed by atoms with Gasteiger partial charge in [-0.15, -0.1) is 0 Å². The Morgan fingerprint density at radius 1 is 1.24 bits per heavy atom. The van der Waals surface area contributed by atoms with Crippen LogP contribution in [0.1, 0.15) is 25.0 Å². The fraction of sp³-hybridized carbons (Fsp3) is 0.462. The lowest BCUT2D eigenvalue weighted by molar-refractivity contribution is -0.171. The Bertz CT molecular complexity index is 389. The van der Waals surface area contributed by atoms with Gasteiger partial charge in [-0.1, -0.05) is 31.2 Å². The van der Waals surface area contributed by atoms with E-state index >= 15 is 0 Å². The summed E-state index contributed by atoms with van der Waals surface area (Å²) >= 11 is 0. The Morgan fingerprint density at radius 2 is 1.82 bits per heavy atom. The number of ether oxygens (including phenoxy) is 1. The van der Waals surface area contributed by atoms with Gasteiger partial charge in [0.25, 0.3) is 0 Å². The number of halogens is 2. The number of rotatable bonds is 5. The van der Waals surface area contributed by atoms with E-state index in [-0.39, 0.29) is 6.61 Å². The third-order valence-corrected chi connectivity index (χ3v) is 2.49. The molecule has 0 fully saturated rings. The van der Waals surface area contributed by atoms with E-state index in [1.807, 2.05) is 6.92 Å². The summed E-state index contributed by atoms with van der Waals surface area (Å²) in [5, 5.41) is 0. The second kappa shape index (κ2) is 5.75. The topological polar surface area (TPSA) is 26.3 Å². The molecule has 0 radical (unpaired) electrons. The zero-order chi connectivity index (χ0) is 12.9. The molecule has 0 bridgehead atoms. The average Bonchev–Trinajstić information content (AvgIpc) is 2.29. The Hall–Kier alpha value is -1.45. The first-order valence-corrected chi connectivity index (χ1v) is 5.63. The maximum absolute atomic E-state index is 13.5. The van der Waals surface area contributed by atoms with E-state index in [1.54, 1.807) is 24.3 Å². The summed E-state index contributed by atoms with van der Waals surface area (Å²) in [7, 11) is 0. The predicted octanol–water partition coefficient (Wildman–Crippen LogP) is 2.99. The number of benzene rings is 1. The third kappa shape index (κ3) is 3.51. The molecule has 0 saturated carbocycles. The first kappa shape index (κ1) is 13.6. The molecule has 0 atom stereocenters. The SMILES string of the molecule is CCOC(=O)C(F)(F)Cc1ccccc1CC. The van der Waals surface area contributed by atoms with Crippen molar-refractivity contribution in [1.29, 1.82) is 0 Å². The van der Waals surface area contributed by atoms with Gasteiger partial charge >= 0.3 is 11.9 Å². The first-order chi connectivity index (χ1) is 8.01. The summed E-state index contributed by atoms with van der Waals surface area (Å²) in [6.07, 6.45) is 0.0604. The van der Waals surface area contributed by atoms with Gasteiger partial charge in [0.05, 0.1) is 6.61 Å². The van der Waals surface area contributed by atoms with Crippen LogP contribution in [-0.4, -0.2) is 18.5 Å². The van der Waals surface area contributed by atoms with Crippen molar-refractivity contribution in [3.05, 3.63) is 35.4 Å². The summed E-state index contributed by atoms with van der Waals surface area (Å²) in [5.74, 6) is -4.91. The molecule has 0 aliphatic rings. The van der Waals surface area contributed by atoms with Crippen LogP contribution in [-0.2, 0) is 22.4 Å². The molecule has 1 aromatic carbocycles. The van der Waals surface area contributed by atoms with Crippen LogP contribution < -0.4 is 0 Å². The maximum atomic E-state index is 13.5. The minimum Gasteiger partial charge on any atom is -0.462 e. The highest BCUT2D eigenvalue weighted by Crippen LogP contribution is 2.24. The lowest BCUT2D eigenvalue weighted by Gasteiger charge is -2.16. The Morgan fingerprint density at radius 3 is 2.35 bits per heavy atom. The number of hydrogen-bond donors (Lipinski definition) is 0. The Labute approximate surface area is 99.6 Å². The number of alkyl halides is 2. The number of hydrogen-bond acceptors (Lipinski definition) is 2. The molecule has 1 rings (SSSR count). The van der Waals surface area contributed by atoms with Gasteiger partial charge in [0.15, 0.2) is 0 Å². The van der Waals surface area contributed by atoms with Crippen molar-refractivity contribution in [2.24, 2.45) is 0 Å². The highest BCUT2D eigenvalue weighted by Gasteiger charge is 2.40. The van der Waals surface area contributed by atoms with Gasteiger partial charge in [-0.25, -0.2) is 4.79 Å². The molecule has 0 unspecified atom stereocenters. The molecule has 94 valence electrons. The van der Waals surface area contributed by atoms with Gasteiger partial charge in [-0.2, -0.15) is 8.78 Å². The van der Waals surface area contributed by atoms with Crippen molar-refractivity contribution < 1.29 is 18.3 Å². The van der Waals surface area contributed by atoms with Crippen LogP contribution >= 0.6 is 0 Å². The highest BCUT2D eigenvalue weighted by molar-refractivity contribution is 5.78. The number of carbonyl (C=O) groups excluding carboxylic acids is 1. The van der Waals surface area contributed by atoms with Crippen molar-refractivity contribution >= 4 is 5.97 Å². The molecule has 0 spiro atoms. The molecule has 0 aromatic heterocycles. The van der Waals surface area contributed by atoms with Gasteiger partial charge in [-0.05, 0) is 24.5 Å². The van der Waals surface area contributed by atoms with Gasteiger partial charge in [0.1, 0.15) is 0 Å². The molecular weight excluding hydrogens is 226 g/mol. The van der Waals surface area contributed by atoms with Crippen LogP contribution in [0.5, 0.6) is 0 Å². The molecule has 1 aromatic rings. The quantitative estimate of drug-likeness (QED) is 0.742. The van der Waals surface area contributed by atoms with E-state index in [1.165, 1.54) is 6.92 Å². The minimum atomic E-state index is -3.46. The van der Waals surface area contributed by atoms with E-state index < -0.39 is 18.3 Å². The zero-order valence-electron chi connectivity index (χ0n) is 10.0. The van der Waals surface area contributed by atoms with Crippen molar-refractivity contribution in [3.8, 4) is 0 Å². The predicted molar refractivity (Wildman–Crippen MR) is 61.1 cm³/mol. The van der Waals surface area contributed by atoms with Crippen LogP contribution in [0.2, 0.25) is 0 Å². The molecule has 17 heavy (non-hydrogen) atoms. The second-order valence-corrected chi connectivity index (χ2v) is 3.72.